The maximum absolute atomic E-state index is 12.7. The molecule has 3 atom stereocenters. The van der Waals surface area contributed by atoms with Gasteiger partial charge in [0.2, 0.25) is 0 Å². The van der Waals surface area contributed by atoms with Crippen molar-refractivity contribution in [1.82, 2.24) is 9.78 Å². The van der Waals surface area contributed by atoms with Gasteiger partial charge in [-0.3, -0.25) is 9.48 Å². The van der Waals surface area contributed by atoms with Crippen LogP contribution in [-0.2, 0) is 30.1 Å². The largest absolute Gasteiger partial charge is 0.515 e. The first-order valence-corrected chi connectivity index (χ1v) is 8.99. The Morgan fingerprint density at radius 2 is 2.12 bits per heavy atom. The molecule has 2 aromatic rings. The SMILES string of the molecule is C[C@@H]1C(=O)C(=CO)C[C@]2(Cc3ccccc3)c3c(cnn3C)CC[C@@H]12. The third-order valence-electron chi connectivity index (χ3n) is 6.28. The lowest BCUT2D eigenvalue weighted by Crippen LogP contribution is -2.51. The highest BCUT2D eigenvalue weighted by atomic mass is 16.2. The number of rotatable bonds is 2. The normalized spacial score (nSPS) is 30.2. The Kier molecular flexibility index (Phi) is 3.78. The molecule has 25 heavy (non-hydrogen) atoms. The van der Waals surface area contributed by atoms with Crippen LogP contribution in [0.5, 0.6) is 0 Å². The van der Waals surface area contributed by atoms with Gasteiger partial charge in [0.15, 0.2) is 5.78 Å². The lowest BCUT2D eigenvalue weighted by atomic mass is 9.53. The summed E-state index contributed by atoms with van der Waals surface area (Å²) in [7, 11) is 2.00. The van der Waals surface area contributed by atoms with E-state index in [-0.39, 0.29) is 23.0 Å². The first-order valence-electron chi connectivity index (χ1n) is 8.99. The number of carbonyl (C=O) groups excluding carboxylic acids is 1. The van der Waals surface area contributed by atoms with Crippen LogP contribution in [-0.4, -0.2) is 20.7 Å². The molecule has 1 saturated carbocycles. The number of benzene rings is 1. The number of ketones is 1. The van der Waals surface area contributed by atoms with E-state index in [1.807, 2.05) is 30.9 Å². The molecule has 1 aromatic heterocycles. The van der Waals surface area contributed by atoms with Gasteiger partial charge in [-0.2, -0.15) is 5.10 Å². The first kappa shape index (κ1) is 16.1. The highest BCUT2D eigenvalue weighted by molar-refractivity contribution is 5.98. The summed E-state index contributed by atoms with van der Waals surface area (Å²) in [6.07, 6.45) is 6.42. The Balaban J connectivity index is 1.91. The number of carbonyl (C=O) groups is 1. The van der Waals surface area contributed by atoms with E-state index in [1.54, 1.807) is 0 Å². The van der Waals surface area contributed by atoms with E-state index in [0.29, 0.717) is 12.0 Å². The van der Waals surface area contributed by atoms with Crippen LogP contribution in [0.1, 0.15) is 36.6 Å². The Hall–Kier alpha value is -2.36. The molecule has 2 aliphatic carbocycles. The molecule has 4 heteroatoms. The van der Waals surface area contributed by atoms with Gasteiger partial charge in [0.05, 0.1) is 12.5 Å². The van der Waals surface area contributed by atoms with Gasteiger partial charge in [-0.1, -0.05) is 37.3 Å². The second kappa shape index (κ2) is 5.87. The molecule has 0 saturated heterocycles. The average Bonchev–Trinajstić information content (AvgIpc) is 3.01. The number of hydrogen-bond donors (Lipinski definition) is 1. The molecule has 4 rings (SSSR count). The van der Waals surface area contributed by atoms with Crippen molar-refractivity contribution in [3.63, 3.8) is 0 Å². The summed E-state index contributed by atoms with van der Waals surface area (Å²) in [5.74, 6) is 0.285. The summed E-state index contributed by atoms with van der Waals surface area (Å²) in [5.41, 5.74) is 4.15. The second-order valence-corrected chi connectivity index (χ2v) is 7.59. The lowest BCUT2D eigenvalue weighted by Gasteiger charge is -2.50. The molecule has 0 bridgehead atoms. The van der Waals surface area contributed by atoms with E-state index in [9.17, 15) is 9.90 Å². The minimum Gasteiger partial charge on any atom is -0.515 e. The molecule has 0 spiro atoms. The smallest absolute Gasteiger partial charge is 0.165 e. The number of allylic oxidation sites excluding steroid dienone is 1. The number of Topliss-reactive ketones (excluding diaryl/α,β-unsaturated/α-hetero) is 1. The van der Waals surface area contributed by atoms with Gasteiger partial charge in [-0.05, 0) is 42.7 Å². The Morgan fingerprint density at radius 3 is 2.84 bits per heavy atom. The molecule has 130 valence electrons. The lowest BCUT2D eigenvalue weighted by molar-refractivity contribution is -0.124. The molecule has 1 heterocycles. The van der Waals surface area contributed by atoms with E-state index >= 15 is 0 Å². The summed E-state index contributed by atoms with van der Waals surface area (Å²) in [6.45, 7) is 2.02. The fraction of sp³-hybridized carbons (Fsp3) is 0.429. The molecular formula is C21H24N2O2. The molecular weight excluding hydrogens is 312 g/mol. The summed E-state index contributed by atoms with van der Waals surface area (Å²) >= 11 is 0. The van der Waals surface area contributed by atoms with Crippen molar-refractivity contribution in [3.05, 3.63) is 65.2 Å². The summed E-state index contributed by atoms with van der Waals surface area (Å²) in [6, 6.07) is 10.5. The summed E-state index contributed by atoms with van der Waals surface area (Å²) in [5, 5.41) is 14.2. The van der Waals surface area contributed by atoms with Gasteiger partial charge in [-0.25, -0.2) is 0 Å². The van der Waals surface area contributed by atoms with E-state index < -0.39 is 0 Å². The Labute approximate surface area is 148 Å². The first-order chi connectivity index (χ1) is 12.1. The van der Waals surface area contributed by atoms with Gasteiger partial charge < -0.3 is 5.11 Å². The standard InChI is InChI=1S/C21H24N2O2/c1-14-18-9-8-16-12-22-23(2)20(16)21(18,11-17(13-24)19(14)25)10-15-6-4-3-5-7-15/h3-7,12-14,18,24H,8-11H2,1-2H3/t14-,18-,21-/m0/s1. The highest BCUT2D eigenvalue weighted by Gasteiger charge is 2.54. The van der Waals surface area contributed by atoms with Gasteiger partial charge in [-0.15, -0.1) is 0 Å². The van der Waals surface area contributed by atoms with Crippen LogP contribution in [0.4, 0.5) is 0 Å². The van der Waals surface area contributed by atoms with Gasteiger partial charge in [0, 0.05) is 29.6 Å². The van der Waals surface area contributed by atoms with E-state index in [1.165, 1.54) is 16.8 Å². The number of hydrogen-bond acceptors (Lipinski definition) is 3. The van der Waals surface area contributed by atoms with Crippen molar-refractivity contribution in [2.75, 3.05) is 0 Å². The van der Waals surface area contributed by atoms with Crippen LogP contribution < -0.4 is 0 Å². The predicted octanol–water partition coefficient (Wildman–Crippen LogP) is 3.51. The zero-order valence-electron chi connectivity index (χ0n) is 14.8. The number of aliphatic hydroxyl groups is 1. The minimum atomic E-state index is -0.192. The van der Waals surface area contributed by atoms with Crippen molar-refractivity contribution in [3.8, 4) is 0 Å². The van der Waals surface area contributed by atoms with Crippen LogP contribution in [0.3, 0.4) is 0 Å². The van der Waals surface area contributed by atoms with Crippen molar-refractivity contribution >= 4 is 5.78 Å². The topological polar surface area (TPSA) is 55.1 Å². The molecule has 0 unspecified atom stereocenters. The highest BCUT2D eigenvalue weighted by Crippen LogP contribution is 2.54. The quantitative estimate of drug-likeness (QED) is 0.674. The van der Waals surface area contributed by atoms with Gasteiger partial charge in [0.1, 0.15) is 0 Å². The van der Waals surface area contributed by atoms with Crippen LogP contribution in [0, 0.1) is 11.8 Å². The van der Waals surface area contributed by atoms with Crippen molar-refractivity contribution in [2.45, 2.75) is 38.0 Å². The zero-order valence-corrected chi connectivity index (χ0v) is 14.8. The molecule has 1 N–H and O–H groups in total. The second-order valence-electron chi connectivity index (χ2n) is 7.59. The number of aliphatic hydroxyl groups excluding tert-OH is 1. The molecule has 0 amide bonds. The van der Waals surface area contributed by atoms with Gasteiger partial charge >= 0.3 is 0 Å². The van der Waals surface area contributed by atoms with Crippen LogP contribution in [0.15, 0.2) is 48.4 Å². The number of aromatic nitrogens is 2. The maximum atomic E-state index is 12.7. The fourth-order valence-corrected chi connectivity index (χ4v) is 5.26. The van der Waals surface area contributed by atoms with Crippen molar-refractivity contribution < 1.29 is 9.90 Å². The third-order valence-corrected chi connectivity index (χ3v) is 6.28. The predicted molar refractivity (Wildman–Crippen MR) is 96.3 cm³/mol. The number of aryl methyl sites for hydroxylation is 2. The average molecular weight is 336 g/mol. The molecule has 0 radical (unpaired) electrons. The Bertz CT molecular complexity index is 837. The van der Waals surface area contributed by atoms with E-state index in [0.717, 1.165) is 25.5 Å². The van der Waals surface area contributed by atoms with Gasteiger partial charge in [0.25, 0.3) is 0 Å². The molecule has 4 nitrogen and oxygen atoms in total. The Morgan fingerprint density at radius 1 is 1.36 bits per heavy atom. The maximum Gasteiger partial charge on any atom is 0.165 e. The van der Waals surface area contributed by atoms with Crippen molar-refractivity contribution in [1.29, 1.82) is 0 Å². The van der Waals surface area contributed by atoms with Crippen LogP contribution in [0.2, 0.25) is 0 Å². The molecule has 2 aliphatic rings. The fourth-order valence-electron chi connectivity index (χ4n) is 5.26. The van der Waals surface area contributed by atoms with Crippen LogP contribution >= 0.6 is 0 Å². The molecule has 0 aliphatic heterocycles. The van der Waals surface area contributed by atoms with E-state index in [4.69, 9.17) is 0 Å². The summed E-state index contributed by atoms with van der Waals surface area (Å²) in [4.78, 5) is 12.7. The third kappa shape index (κ3) is 2.35. The molecule has 1 fully saturated rings. The van der Waals surface area contributed by atoms with Crippen LogP contribution in [0.25, 0.3) is 0 Å². The molecule has 1 aromatic carbocycles. The number of fused-ring (bicyclic) bond motifs is 3. The van der Waals surface area contributed by atoms with Crippen molar-refractivity contribution in [2.24, 2.45) is 18.9 Å². The summed E-state index contributed by atoms with van der Waals surface area (Å²) < 4.78 is 1.99. The number of nitrogens with zero attached hydrogens (tertiary/aromatic N) is 2. The zero-order chi connectivity index (χ0) is 17.6. The monoisotopic (exact) mass is 336 g/mol. The minimum absolute atomic E-state index is 0.0843. The van der Waals surface area contributed by atoms with E-state index in [2.05, 4.69) is 29.4 Å².